The van der Waals surface area contributed by atoms with Crippen molar-refractivity contribution in [3.63, 3.8) is 0 Å². The van der Waals surface area contributed by atoms with E-state index < -0.39 is 5.41 Å². The molecule has 0 amide bonds. The number of hydrogen-bond donors (Lipinski definition) is 0. The van der Waals surface area contributed by atoms with Gasteiger partial charge in [-0.15, -0.1) is 0 Å². The van der Waals surface area contributed by atoms with Crippen molar-refractivity contribution in [3.05, 3.63) is 222 Å². The van der Waals surface area contributed by atoms with Crippen LogP contribution in [0.5, 0.6) is 0 Å². The van der Waals surface area contributed by atoms with Crippen molar-refractivity contribution < 1.29 is 14.3 Å². The van der Waals surface area contributed by atoms with Crippen molar-refractivity contribution in [1.29, 1.82) is 0 Å². The molecule has 58 heavy (non-hydrogen) atoms. The number of nitrogens with zero attached hydrogens (tertiary/aromatic N) is 1. The van der Waals surface area contributed by atoms with Crippen LogP contribution in [0.15, 0.2) is 209 Å². The second-order valence-electron chi connectivity index (χ2n) is 15.2. The minimum atomic E-state index is -0.633. The molecule has 3 nitrogen and oxygen atoms in total. The summed E-state index contributed by atoms with van der Waals surface area (Å²) in [7, 11) is 0. The zero-order valence-electron chi connectivity index (χ0n) is 35.0. The van der Waals surface area contributed by atoms with Crippen LogP contribution in [0.25, 0.3) is 77.3 Å². The maximum atomic E-state index is 9.97. The summed E-state index contributed by atoms with van der Waals surface area (Å²) in [5.74, 6) is 0. The molecule has 0 saturated heterocycles. The molecule has 11 aromatic rings. The molecule has 13 rings (SSSR count). The Balaban J connectivity index is 1.19. The van der Waals surface area contributed by atoms with Crippen LogP contribution in [0.4, 0.5) is 17.1 Å². The Morgan fingerprint density at radius 1 is 0.397 bits per heavy atom. The third-order valence-corrected chi connectivity index (χ3v) is 12.4. The first kappa shape index (κ1) is 27.9. The summed E-state index contributed by atoms with van der Waals surface area (Å²) in [6.45, 7) is 0. The predicted molar refractivity (Wildman–Crippen MR) is 237 cm³/mol. The summed E-state index contributed by atoms with van der Waals surface area (Å²) in [5, 5.41) is 3.50. The molecule has 2 heterocycles. The number of anilines is 3. The zero-order chi connectivity index (χ0) is 41.4. The summed E-state index contributed by atoms with van der Waals surface area (Å²) < 4.78 is 50.9. The van der Waals surface area contributed by atoms with Gasteiger partial charge in [-0.05, 0) is 93.0 Å². The largest absolute Gasteiger partial charge is 0.456 e. The minimum Gasteiger partial charge on any atom is -0.456 e. The predicted octanol–water partition coefficient (Wildman–Crippen LogP) is 15.0. The van der Waals surface area contributed by atoms with Gasteiger partial charge in [0.2, 0.25) is 0 Å². The fourth-order valence-electron chi connectivity index (χ4n) is 10.2. The molecule has 0 unspecified atom stereocenters. The first-order valence-electron chi connectivity index (χ1n) is 21.6. The van der Waals surface area contributed by atoms with Crippen LogP contribution in [-0.4, -0.2) is 0 Å². The van der Waals surface area contributed by atoms with Gasteiger partial charge in [0.1, 0.15) is 22.3 Å². The van der Waals surface area contributed by atoms with E-state index in [-0.39, 0.29) is 24.2 Å². The molecule has 0 N–H and O–H groups in total. The fraction of sp³-hybridized carbons (Fsp3) is 0.0182. The minimum absolute atomic E-state index is 0.137. The molecule has 3 heteroatoms. The van der Waals surface area contributed by atoms with E-state index in [9.17, 15) is 4.11 Å². The van der Waals surface area contributed by atoms with Crippen LogP contribution in [0.1, 0.15) is 27.7 Å². The molecule has 9 aromatic carbocycles. The molecule has 1 spiro atoms. The third-order valence-electron chi connectivity index (χ3n) is 12.4. The second-order valence-corrected chi connectivity index (χ2v) is 15.2. The van der Waals surface area contributed by atoms with Crippen LogP contribution in [0.3, 0.4) is 0 Å². The monoisotopic (exact) mass is 743 g/mol. The standard InChI is InChI=1S/C55H33NO2/c1-7-22-43-35(15-1)36-16-2-8-23-44(36)55(43)45-24-9-3-19-40(45)54-46(55)25-14-27-48(54)56(34-31-32-51-42(33-34)38-18-5-11-28-49(38)57-51)47-26-10-4-17-37(47)39-21-13-30-52-53(39)41-20-6-12-29-50(41)58-52/h1-33H/i4D,10D,17D,26D. The topological polar surface area (TPSA) is 29.5 Å². The van der Waals surface area contributed by atoms with Crippen LogP contribution >= 0.6 is 0 Å². The van der Waals surface area contributed by atoms with E-state index in [1.165, 1.54) is 27.8 Å². The van der Waals surface area contributed by atoms with Crippen LogP contribution in [0, 0.1) is 0 Å². The average Bonchev–Trinajstić information content (AvgIpc) is 4.05. The second kappa shape index (κ2) is 11.7. The van der Waals surface area contributed by atoms with Gasteiger partial charge in [0.05, 0.1) is 22.3 Å². The highest BCUT2D eigenvalue weighted by Crippen LogP contribution is 2.65. The Labute approximate surface area is 340 Å². The number of fused-ring (bicyclic) bond motifs is 16. The molecule has 0 radical (unpaired) electrons. The van der Waals surface area contributed by atoms with E-state index in [4.69, 9.17) is 10.2 Å². The summed E-state index contributed by atoms with van der Waals surface area (Å²) in [6, 6.07) is 59.2. The third kappa shape index (κ3) is 4.07. The summed E-state index contributed by atoms with van der Waals surface area (Å²) in [5.41, 5.74) is 14.2. The quantitative estimate of drug-likeness (QED) is 0.180. The van der Waals surface area contributed by atoms with Gasteiger partial charge in [-0.2, -0.15) is 0 Å². The van der Waals surface area contributed by atoms with E-state index in [1.807, 2.05) is 72.8 Å². The molecule has 2 aliphatic rings. The van der Waals surface area contributed by atoms with Gasteiger partial charge in [0.15, 0.2) is 0 Å². The van der Waals surface area contributed by atoms with Crippen molar-refractivity contribution in [2.24, 2.45) is 0 Å². The smallest absolute Gasteiger partial charge is 0.136 e. The van der Waals surface area contributed by atoms with Crippen LogP contribution in [0.2, 0.25) is 0 Å². The van der Waals surface area contributed by atoms with E-state index in [0.29, 0.717) is 28.0 Å². The van der Waals surface area contributed by atoms with Crippen molar-refractivity contribution in [3.8, 4) is 33.4 Å². The van der Waals surface area contributed by atoms with Crippen molar-refractivity contribution >= 4 is 60.9 Å². The number of furan rings is 2. The zero-order valence-corrected chi connectivity index (χ0v) is 31.0. The van der Waals surface area contributed by atoms with E-state index >= 15 is 0 Å². The van der Waals surface area contributed by atoms with Gasteiger partial charge >= 0.3 is 0 Å². The highest BCUT2D eigenvalue weighted by molar-refractivity contribution is 6.15. The maximum Gasteiger partial charge on any atom is 0.136 e. The van der Waals surface area contributed by atoms with Gasteiger partial charge in [0, 0.05) is 38.4 Å². The number of para-hydroxylation sites is 3. The van der Waals surface area contributed by atoms with Crippen LogP contribution < -0.4 is 4.90 Å². The van der Waals surface area contributed by atoms with E-state index in [2.05, 4.69) is 108 Å². The van der Waals surface area contributed by atoms with Crippen LogP contribution in [-0.2, 0) is 5.41 Å². The molecular formula is C55H33NO2. The molecule has 0 bridgehead atoms. The Morgan fingerprint density at radius 3 is 1.74 bits per heavy atom. The Hall–Kier alpha value is -7.62. The number of hydrogen-bond acceptors (Lipinski definition) is 3. The SMILES string of the molecule is [2H]c1c([2H])c([2H])c(N(c2ccc3oc4ccccc4c3c2)c2cccc3c2-c2ccccc2C32c3ccccc3-c3ccccc32)c(-c2cccc3oc4ccccc4c23)c1[2H]. The van der Waals surface area contributed by atoms with Gasteiger partial charge in [-0.25, -0.2) is 0 Å². The van der Waals surface area contributed by atoms with Gasteiger partial charge < -0.3 is 13.7 Å². The Kier molecular flexibility index (Phi) is 5.63. The van der Waals surface area contributed by atoms with Gasteiger partial charge in [-0.1, -0.05) is 152 Å². The molecule has 0 aliphatic heterocycles. The fourth-order valence-corrected chi connectivity index (χ4v) is 10.2. The molecule has 2 aliphatic carbocycles. The molecule has 270 valence electrons. The molecule has 2 aromatic heterocycles. The highest BCUT2D eigenvalue weighted by atomic mass is 16.3. The van der Waals surface area contributed by atoms with Crippen molar-refractivity contribution in [2.75, 3.05) is 4.90 Å². The first-order valence-corrected chi connectivity index (χ1v) is 19.6. The molecular weight excluding hydrogens is 707 g/mol. The molecule has 0 saturated carbocycles. The summed E-state index contributed by atoms with van der Waals surface area (Å²) >= 11 is 0. The number of rotatable bonds is 4. The lowest BCUT2D eigenvalue weighted by Crippen LogP contribution is -2.26. The van der Waals surface area contributed by atoms with Crippen molar-refractivity contribution in [2.45, 2.75) is 5.41 Å². The number of benzene rings is 9. The first-order chi connectivity index (χ1) is 30.4. The average molecular weight is 744 g/mol. The Bertz CT molecular complexity index is 3690. The van der Waals surface area contributed by atoms with Gasteiger partial charge in [-0.3, -0.25) is 0 Å². The van der Waals surface area contributed by atoms with Gasteiger partial charge in [0.25, 0.3) is 0 Å². The maximum absolute atomic E-state index is 9.97. The highest BCUT2D eigenvalue weighted by Gasteiger charge is 2.52. The normalized spacial score (nSPS) is 14.3. The summed E-state index contributed by atoms with van der Waals surface area (Å²) in [4.78, 5) is 2.07. The molecule has 0 atom stereocenters. The summed E-state index contributed by atoms with van der Waals surface area (Å²) in [6.07, 6.45) is 0. The molecule has 0 fully saturated rings. The Morgan fingerprint density at radius 2 is 0.948 bits per heavy atom. The lowest BCUT2D eigenvalue weighted by Gasteiger charge is -2.32. The van der Waals surface area contributed by atoms with E-state index in [0.717, 1.165) is 60.8 Å². The lowest BCUT2D eigenvalue weighted by atomic mass is 9.70. The van der Waals surface area contributed by atoms with Crippen molar-refractivity contribution in [1.82, 2.24) is 0 Å². The lowest BCUT2D eigenvalue weighted by molar-refractivity contribution is 0.668. The van der Waals surface area contributed by atoms with E-state index in [1.54, 1.807) is 0 Å².